The summed E-state index contributed by atoms with van der Waals surface area (Å²) < 4.78 is 13.3. The minimum atomic E-state index is -0.319. The summed E-state index contributed by atoms with van der Waals surface area (Å²) in [6.45, 7) is 0.671. The molecular formula is C15H17FN2. The Labute approximate surface area is 107 Å². The Morgan fingerprint density at radius 3 is 2.44 bits per heavy atom. The van der Waals surface area contributed by atoms with Gasteiger partial charge in [-0.3, -0.25) is 0 Å². The van der Waals surface area contributed by atoms with Crippen molar-refractivity contribution >= 4 is 0 Å². The van der Waals surface area contributed by atoms with E-state index in [0.29, 0.717) is 18.2 Å². The van der Waals surface area contributed by atoms with Gasteiger partial charge in [0.05, 0.1) is 11.6 Å². The molecule has 0 amide bonds. The standard InChI is InChI=1S/C15H17FN2/c16-14-6-10(8-17)5-11(7-14)9-18-15(12-1-2-12)13-3-4-13/h5-7,12-13,15,18H,1-4,9H2. The van der Waals surface area contributed by atoms with Gasteiger partial charge in [0.25, 0.3) is 0 Å². The maximum absolute atomic E-state index is 13.3. The van der Waals surface area contributed by atoms with Gasteiger partial charge in [-0.15, -0.1) is 0 Å². The predicted molar refractivity (Wildman–Crippen MR) is 67.2 cm³/mol. The van der Waals surface area contributed by atoms with E-state index in [9.17, 15) is 4.39 Å². The lowest BCUT2D eigenvalue weighted by molar-refractivity contribution is 0.415. The fraction of sp³-hybridized carbons (Fsp3) is 0.533. The van der Waals surface area contributed by atoms with Crippen LogP contribution in [0.3, 0.4) is 0 Å². The van der Waals surface area contributed by atoms with Crippen molar-refractivity contribution in [1.82, 2.24) is 5.32 Å². The molecule has 3 rings (SSSR count). The molecule has 2 saturated carbocycles. The smallest absolute Gasteiger partial charge is 0.124 e. The van der Waals surface area contributed by atoms with Crippen molar-refractivity contribution in [1.29, 1.82) is 5.26 Å². The predicted octanol–water partition coefficient (Wildman–Crippen LogP) is 2.98. The van der Waals surface area contributed by atoms with Crippen LogP contribution in [0.4, 0.5) is 4.39 Å². The number of nitrogens with zero attached hydrogens (tertiary/aromatic N) is 1. The van der Waals surface area contributed by atoms with Crippen molar-refractivity contribution < 1.29 is 4.39 Å². The van der Waals surface area contributed by atoms with Crippen molar-refractivity contribution in [2.24, 2.45) is 11.8 Å². The molecule has 0 saturated heterocycles. The Kier molecular flexibility index (Phi) is 3.05. The Morgan fingerprint density at radius 1 is 1.22 bits per heavy atom. The largest absolute Gasteiger partial charge is 0.309 e. The molecule has 94 valence electrons. The van der Waals surface area contributed by atoms with E-state index < -0.39 is 0 Å². The Balaban J connectivity index is 1.65. The van der Waals surface area contributed by atoms with Crippen LogP contribution in [-0.2, 0) is 6.54 Å². The second-order valence-electron chi connectivity index (χ2n) is 5.54. The maximum atomic E-state index is 13.3. The number of benzene rings is 1. The Hall–Kier alpha value is -1.40. The van der Waals surface area contributed by atoms with E-state index in [1.807, 2.05) is 6.07 Å². The average Bonchev–Trinajstić information content (AvgIpc) is 3.22. The second kappa shape index (κ2) is 4.70. The molecular weight excluding hydrogens is 227 g/mol. The molecule has 0 bridgehead atoms. The molecule has 2 nitrogen and oxygen atoms in total. The summed E-state index contributed by atoms with van der Waals surface area (Å²) in [5, 5.41) is 12.4. The van der Waals surface area contributed by atoms with E-state index in [1.54, 1.807) is 6.07 Å². The summed E-state index contributed by atoms with van der Waals surface area (Å²) in [5.74, 6) is 1.35. The van der Waals surface area contributed by atoms with E-state index >= 15 is 0 Å². The van der Waals surface area contributed by atoms with Crippen molar-refractivity contribution in [3.8, 4) is 6.07 Å². The van der Waals surface area contributed by atoms with E-state index in [0.717, 1.165) is 17.4 Å². The lowest BCUT2D eigenvalue weighted by Gasteiger charge is -2.17. The van der Waals surface area contributed by atoms with Crippen LogP contribution in [0.2, 0.25) is 0 Å². The van der Waals surface area contributed by atoms with E-state index in [2.05, 4.69) is 5.32 Å². The molecule has 0 radical (unpaired) electrons. The lowest BCUT2D eigenvalue weighted by atomic mass is 10.1. The molecule has 3 heteroatoms. The van der Waals surface area contributed by atoms with Gasteiger partial charge in [0.2, 0.25) is 0 Å². The van der Waals surface area contributed by atoms with E-state index in [4.69, 9.17) is 5.26 Å². The van der Waals surface area contributed by atoms with Crippen molar-refractivity contribution in [2.45, 2.75) is 38.3 Å². The van der Waals surface area contributed by atoms with Gasteiger partial charge in [0.15, 0.2) is 0 Å². The topological polar surface area (TPSA) is 35.8 Å². The molecule has 0 heterocycles. The minimum Gasteiger partial charge on any atom is -0.309 e. The molecule has 1 N–H and O–H groups in total. The molecule has 0 aromatic heterocycles. The SMILES string of the molecule is N#Cc1cc(F)cc(CNC(C2CC2)C2CC2)c1. The molecule has 0 atom stereocenters. The molecule has 18 heavy (non-hydrogen) atoms. The van der Waals surface area contributed by atoms with Gasteiger partial charge >= 0.3 is 0 Å². The molecule has 2 aliphatic rings. The van der Waals surface area contributed by atoms with Crippen LogP contribution in [0.1, 0.15) is 36.8 Å². The number of halogens is 1. The number of hydrogen-bond acceptors (Lipinski definition) is 2. The summed E-state index contributed by atoms with van der Waals surface area (Å²) >= 11 is 0. The number of nitriles is 1. The minimum absolute atomic E-state index is 0.319. The van der Waals surface area contributed by atoms with Crippen LogP contribution in [0.5, 0.6) is 0 Å². The molecule has 2 fully saturated rings. The third kappa shape index (κ3) is 2.70. The normalized spacial score (nSPS) is 18.9. The van der Waals surface area contributed by atoms with Gasteiger partial charge in [0, 0.05) is 12.6 Å². The van der Waals surface area contributed by atoms with Gasteiger partial charge < -0.3 is 5.32 Å². The first-order valence-electron chi connectivity index (χ1n) is 6.69. The van der Waals surface area contributed by atoms with Gasteiger partial charge in [-0.1, -0.05) is 0 Å². The zero-order valence-corrected chi connectivity index (χ0v) is 10.3. The third-order valence-electron chi connectivity index (χ3n) is 3.89. The first-order valence-corrected chi connectivity index (χ1v) is 6.69. The van der Waals surface area contributed by atoms with Gasteiger partial charge in [-0.25, -0.2) is 4.39 Å². The van der Waals surface area contributed by atoms with Crippen molar-refractivity contribution in [3.05, 3.63) is 35.1 Å². The van der Waals surface area contributed by atoms with E-state index in [-0.39, 0.29) is 5.82 Å². The molecule has 1 aromatic carbocycles. The fourth-order valence-electron chi connectivity index (χ4n) is 2.68. The lowest BCUT2D eigenvalue weighted by Crippen LogP contribution is -2.32. The summed E-state index contributed by atoms with van der Waals surface area (Å²) in [4.78, 5) is 0. The van der Waals surface area contributed by atoms with Gasteiger partial charge in [-0.2, -0.15) is 5.26 Å². The highest BCUT2D eigenvalue weighted by molar-refractivity contribution is 5.33. The molecule has 0 spiro atoms. The first kappa shape index (κ1) is 11.7. The number of nitrogens with one attached hydrogen (secondary N) is 1. The molecule has 2 aliphatic carbocycles. The van der Waals surface area contributed by atoms with Crippen LogP contribution in [0, 0.1) is 29.0 Å². The van der Waals surface area contributed by atoms with Gasteiger partial charge in [-0.05, 0) is 61.3 Å². The highest BCUT2D eigenvalue weighted by Crippen LogP contribution is 2.44. The Bertz CT molecular complexity index is 472. The number of hydrogen-bond donors (Lipinski definition) is 1. The van der Waals surface area contributed by atoms with Crippen LogP contribution in [-0.4, -0.2) is 6.04 Å². The van der Waals surface area contributed by atoms with Crippen molar-refractivity contribution in [3.63, 3.8) is 0 Å². The van der Waals surface area contributed by atoms with Crippen LogP contribution >= 0.6 is 0 Å². The quantitative estimate of drug-likeness (QED) is 0.864. The van der Waals surface area contributed by atoms with Crippen molar-refractivity contribution in [2.75, 3.05) is 0 Å². The summed E-state index contributed by atoms with van der Waals surface area (Å²) in [6.07, 6.45) is 5.34. The molecule has 0 aliphatic heterocycles. The van der Waals surface area contributed by atoms with Gasteiger partial charge in [0.1, 0.15) is 5.82 Å². The monoisotopic (exact) mass is 244 g/mol. The highest BCUT2D eigenvalue weighted by Gasteiger charge is 2.40. The average molecular weight is 244 g/mol. The summed E-state index contributed by atoms with van der Waals surface area (Å²) in [6, 6.07) is 7.18. The Morgan fingerprint density at radius 2 is 1.89 bits per heavy atom. The fourth-order valence-corrected chi connectivity index (χ4v) is 2.68. The van der Waals surface area contributed by atoms with Crippen LogP contribution in [0.15, 0.2) is 18.2 Å². The molecule has 1 aromatic rings. The van der Waals surface area contributed by atoms with Crippen LogP contribution < -0.4 is 5.32 Å². The second-order valence-corrected chi connectivity index (χ2v) is 5.54. The third-order valence-corrected chi connectivity index (χ3v) is 3.89. The number of rotatable bonds is 5. The van der Waals surface area contributed by atoms with Crippen LogP contribution in [0.25, 0.3) is 0 Å². The maximum Gasteiger partial charge on any atom is 0.124 e. The van der Waals surface area contributed by atoms with E-state index in [1.165, 1.54) is 37.8 Å². The summed E-state index contributed by atoms with van der Waals surface area (Å²) in [5.41, 5.74) is 1.28. The summed E-state index contributed by atoms with van der Waals surface area (Å²) in [7, 11) is 0. The first-order chi connectivity index (χ1) is 8.76. The zero-order valence-electron chi connectivity index (χ0n) is 10.3. The highest BCUT2D eigenvalue weighted by atomic mass is 19.1. The molecule has 0 unspecified atom stereocenters. The zero-order chi connectivity index (χ0) is 12.5.